The Bertz CT molecular complexity index is 555. The van der Waals surface area contributed by atoms with Gasteiger partial charge in [-0.25, -0.2) is 8.42 Å². The second-order valence-electron chi connectivity index (χ2n) is 6.48. The number of hydrogen-bond acceptors (Lipinski definition) is 4. The summed E-state index contributed by atoms with van der Waals surface area (Å²) in [5.41, 5.74) is -0.785. The van der Waals surface area contributed by atoms with Crippen LogP contribution < -0.4 is 5.32 Å². The normalized spacial score (nSPS) is 37.0. The lowest BCUT2D eigenvalue weighted by Crippen LogP contribution is -2.66. The van der Waals surface area contributed by atoms with Gasteiger partial charge in [-0.1, -0.05) is 0 Å². The van der Waals surface area contributed by atoms with Crippen LogP contribution in [0, 0.1) is 11.8 Å². The fraction of sp³-hybridized carbons (Fsp3) is 0.846. The molecule has 2 aliphatic heterocycles. The van der Waals surface area contributed by atoms with Crippen LogP contribution in [0.3, 0.4) is 0 Å². The van der Waals surface area contributed by atoms with Crippen molar-refractivity contribution in [3.8, 4) is 0 Å². The van der Waals surface area contributed by atoms with E-state index >= 15 is 0 Å². The van der Waals surface area contributed by atoms with Crippen LogP contribution in [0.1, 0.15) is 26.2 Å². The quantitative estimate of drug-likeness (QED) is 0.765. The zero-order chi connectivity index (χ0) is 14.5. The summed E-state index contributed by atoms with van der Waals surface area (Å²) in [6.07, 6.45) is 2.52. The van der Waals surface area contributed by atoms with Crippen molar-refractivity contribution in [3.05, 3.63) is 0 Å². The van der Waals surface area contributed by atoms with E-state index in [0.717, 1.165) is 12.8 Å². The van der Waals surface area contributed by atoms with E-state index in [-0.39, 0.29) is 41.7 Å². The van der Waals surface area contributed by atoms with Gasteiger partial charge in [0.2, 0.25) is 11.8 Å². The van der Waals surface area contributed by atoms with Gasteiger partial charge in [0.25, 0.3) is 0 Å². The fourth-order valence-corrected chi connectivity index (χ4v) is 5.22. The van der Waals surface area contributed by atoms with Crippen LogP contribution in [0.4, 0.5) is 0 Å². The highest BCUT2D eigenvalue weighted by molar-refractivity contribution is 7.91. The first-order valence-electron chi connectivity index (χ1n) is 7.11. The number of hydrogen-bond donors (Lipinski definition) is 1. The Morgan fingerprint density at radius 3 is 2.55 bits per heavy atom. The summed E-state index contributed by atoms with van der Waals surface area (Å²) < 4.78 is 23.0. The van der Waals surface area contributed by atoms with E-state index < -0.39 is 15.4 Å². The topological polar surface area (TPSA) is 83.6 Å². The average Bonchev–Trinajstić information content (AvgIpc) is 3.12. The molecule has 1 N–H and O–H groups in total. The smallest absolute Gasteiger partial charge is 0.248 e. The first kappa shape index (κ1) is 13.9. The molecule has 3 aliphatic rings. The molecule has 1 saturated carbocycles. The molecule has 0 aromatic carbocycles. The van der Waals surface area contributed by atoms with Crippen molar-refractivity contribution >= 4 is 21.7 Å². The standard InChI is InChI=1S/C13H20N2O4S/c1-13(10-2-3-10)12(17)15(7-11(16)14-13)6-9-4-5-20(18,19)8-9/h9-10H,2-8H2,1H3,(H,14,16). The molecular formula is C13H20N2O4S. The summed E-state index contributed by atoms with van der Waals surface area (Å²) in [5.74, 6) is 0.348. The molecule has 3 fully saturated rings. The third-order valence-corrected chi connectivity index (χ3v) is 6.50. The number of sulfone groups is 1. The molecule has 0 spiro atoms. The van der Waals surface area contributed by atoms with Crippen LogP contribution in [0.25, 0.3) is 0 Å². The predicted octanol–water partition coefficient (Wildman–Crippen LogP) is -0.452. The van der Waals surface area contributed by atoms with Crippen molar-refractivity contribution in [3.63, 3.8) is 0 Å². The second-order valence-corrected chi connectivity index (χ2v) is 8.71. The molecule has 2 saturated heterocycles. The molecule has 0 bridgehead atoms. The minimum atomic E-state index is -2.95. The maximum absolute atomic E-state index is 12.6. The Morgan fingerprint density at radius 1 is 1.30 bits per heavy atom. The highest BCUT2D eigenvalue weighted by Crippen LogP contribution is 2.41. The number of carbonyl (C=O) groups is 2. The van der Waals surface area contributed by atoms with Crippen LogP contribution >= 0.6 is 0 Å². The first-order valence-corrected chi connectivity index (χ1v) is 8.93. The van der Waals surface area contributed by atoms with Crippen molar-refractivity contribution in [2.75, 3.05) is 24.6 Å². The SMILES string of the molecule is CC1(C2CC2)NC(=O)CN(CC2CCS(=O)(=O)C2)C1=O. The third kappa shape index (κ3) is 2.43. The van der Waals surface area contributed by atoms with Crippen molar-refractivity contribution in [2.24, 2.45) is 11.8 Å². The van der Waals surface area contributed by atoms with E-state index in [2.05, 4.69) is 5.32 Å². The van der Waals surface area contributed by atoms with E-state index in [0.29, 0.717) is 13.0 Å². The van der Waals surface area contributed by atoms with Gasteiger partial charge in [0, 0.05) is 6.54 Å². The zero-order valence-electron chi connectivity index (χ0n) is 11.6. The van der Waals surface area contributed by atoms with E-state index in [4.69, 9.17) is 0 Å². The number of nitrogens with one attached hydrogen (secondary N) is 1. The van der Waals surface area contributed by atoms with Crippen LogP contribution in [0.5, 0.6) is 0 Å². The molecule has 3 rings (SSSR count). The van der Waals surface area contributed by atoms with Gasteiger partial charge in [0.1, 0.15) is 5.54 Å². The zero-order valence-corrected chi connectivity index (χ0v) is 12.4. The number of carbonyl (C=O) groups excluding carboxylic acids is 2. The van der Waals surface area contributed by atoms with Crippen LogP contribution in [0.15, 0.2) is 0 Å². The average molecular weight is 300 g/mol. The summed E-state index contributed by atoms with van der Waals surface area (Å²) in [6.45, 7) is 2.23. The summed E-state index contributed by atoms with van der Waals surface area (Å²) in [7, 11) is -2.95. The van der Waals surface area contributed by atoms with Gasteiger partial charge in [0.05, 0.1) is 18.1 Å². The van der Waals surface area contributed by atoms with Crippen molar-refractivity contribution in [1.82, 2.24) is 10.2 Å². The molecule has 7 heteroatoms. The largest absolute Gasteiger partial charge is 0.340 e. The number of amides is 2. The van der Waals surface area contributed by atoms with Crippen LogP contribution in [-0.4, -0.2) is 55.3 Å². The molecule has 2 atom stereocenters. The Morgan fingerprint density at radius 2 is 2.00 bits per heavy atom. The lowest BCUT2D eigenvalue weighted by atomic mass is 9.91. The van der Waals surface area contributed by atoms with Gasteiger partial charge >= 0.3 is 0 Å². The lowest BCUT2D eigenvalue weighted by molar-refractivity contribution is -0.150. The second kappa shape index (κ2) is 4.44. The maximum Gasteiger partial charge on any atom is 0.248 e. The number of rotatable bonds is 3. The molecule has 2 amide bonds. The molecular weight excluding hydrogens is 280 g/mol. The van der Waals surface area contributed by atoms with E-state index in [1.807, 2.05) is 0 Å². The Labute approximate surface area is 118 Å². The molecule has 2 unspecified atom stereocenters. The minimum absolute atomic E-state index is 0.0293. The molecule has 6 nitrogen and oxygen atoms in total. The van der Waals surface area contributed by atoms with E-state index in [1.54, 1.807) is 11.8 Å². The van der Waals surface area contributed by atoms with Crippen molar-refractivity contribution in [1.29, 1.82) is 0 Å². The molecule has 2 heterocycles. The number of nitrogens with zero attached hydrogens (tertiary/aromatic N) is 1. The van der Waals surface area contributed by atoms with Gasteiger partial charge in [0.15, 0.2) is 9.84 Å². The monoisotopic (exact) mass is 300 g/mol. The van der Waals surface area contributed by atoms with Crippen LogP contribution in [0.2, 0.25) is 0 Å². The van der Waals surface area contributed by atoms with Gasteiger partial charge in [-0.05, 0) is 38.0 Å². The molecule has 1 aliphatic carbocycles. The molecule has 0 aromatic heterocycles. The lowest BCUT2D eigenvalue weighted by Gasteiger charge is -2.40. The molecule has 0 radical (unpaired) electrons. The predicted molar refractivity (Wildman–Crippen MR) is 72.6 cm³/mol. The molecule has 20 heavy (non-hydrogen) atoms. The summed E-state index contributed by atoms with van der Waals surface area (Å²) in [6, 6.07) is 0. The van der Waals surface area contributed by atoms with E-state index in [9.17, 15) is 18.0 Å². The maximum atomic E-state index is 12.6. The van der Waals surface area contributed by atoms with Crippen molar-refractivity contribution < 1.29 is 18.0 Å². The Balaban J connectivity index is 1.72. The van der Waals surface area contributed by atoms with Crippen LogP contribution in [-0.2, 0) is 19.4 Å². The molecule has 112 valence electrons. The highest BCUT2D eigenvalue weighted by atomic mass is 32.2. The van der Waals surface area contributed by atoms with Gasteiger partial charge < -0.3 is 10.2 Å². The fourth-order valence-electron chi connectivity index (χ4n) is 3.37. The third-order valence-electron chi connectivity index (χ3n) is 4.66. The Hall–Kier alpha value is -1.11. The van der Waals surface area contributed by atoms with Gasteiger partial charge in [-0.15, -0.1) is 0 Å². The van der Waals surface area contributed by atoms with Crippen molar-refractivity contribution in [2.45, 2.75) is 31.7 Å². The highest BCUT2D eigenvalue weighted by Gasteiger charge is 2.52. The van der Waals surface area contributed by atoms with Gasteiger partial charge in [-0.2, -0.15) is 0 Å². The first-order chi connectivity index (χ1) is 9.30. The Kier molecular flexibility index (Phi) is 3.08. The molecule has 0 aromatic rings. The summed E-state index contributed by atoms with van der Waals surface area (Å²) in [5, 5.41) is 2.83. The number of piperazine rings is 1. The summed E-state index contributed by atoms with van der Waals surface area (Å²) >= 11 is 0. The van der Waals surface area contributed by atoms with E-state index in [1.165, 1.54) is 0 Å². The minimum Gasteiger partial charge on any atom is -0.340 e. The van der Waals surface area contributed by atoms with Gasteiger partial charge in [-0.3, -0.25) is 9.59 Å². The summed E-state index contributed by atoms with van der Waals surface area (Å²) in [4.78, 5) is 26.0.